The summed E-state index contributed by atoms with van der Waals surface area (Å²) in [4.78, 5) is 50.8. The minimum absolute atomic E-state index is 0.236. The topological polar surface area (TPSA) is 201 Å². The van der Waals surface area contributed by atoms with Gasteiger partial charge < -0.3 is 37.3 Å². The Bertz CT molecular complexity index is 975. The number of aromatic nitrogens is 1. The molecule has 2 rings (SSSR count). The average Bonchev–Trinajstić information content (AvgIpc) is 3.18. The molecule has 0 aliphatic carbocycles. The fourth-order valence-corrected chi connectivity index (χ4v) is 3.47. The van der Waals surface area contributed by atoms with E-state index in [1.807, 2.05) is 24.3 Å². The molecule has 1 aromatic carbocycles. The number of nitrogens with one attached hydrogen (secondary N) is 3. The van der Waals surface area contributed by atoms with Crippen LogP contribution in [-0.2, 0) is 25.6 Å². The summed E-state index contributed by atoms with van der Waals surface area (Å²) in [7, 11) is 0. The van der Waals surface area contributed by atoms with Crippen LogP contribution in [0.2, 0.25) is 0 Å². The van der Waals surface area contributed by atoms with E-state index >= 15 is 0 Å². The van der Waals surface area contributed by atoms with Crippen molar-refractivity contribution in [3.05, 3.63) is 36.0 Å². The number of nitrogens with two attached hydrogens (primary N) is 2. The summed E-state index contributed by atoms with van der Waals surface area (Å²) in [6.07, 6.45) is 2.70. The summed E-state index contributed by atoms with van der Waals surface area (Å²) >= 11 is 0. The molecule has 0 spiro atoms. The van der Waals surface area contributed by atoms with Crippen LogP contribution < -0.4 is 22.1 Å². The fourth-order valence-electron chi connectivity index (χ4n) is 3.47. The van der Waals surface area contributed by atoms with Crippen molar-refractivity contribution in [2.24, 2.45) is 11.5 Å². The Morgan fingerprint density at radius 1 is 0.970 bits per heavy atom. The molecule has 11 nitrogen and oxygen atoms in total. The molecule has 9 N–H and O–H groups in total. The molecule has 33 heavy (non-hydrogen) atoms. The Morgan fingerprint density at radius 2 is 1.67 bits per heavy atom. The first-order valence-electron chi connectivity index (χ1n) is 10.8. The monoisotopic (exact) mass is 461 g/mol. The Morgan fingerprint density at radius 3 is 2.33 bits per heavy atom. The summed E-state index contributed by atoms with van der Waals surface area (Å²) in [5.41, 5.74) is 13.4. The van der Waals surface area contributed by atoms with Gasteiger partial charge in [0.05, 0.1) is 6.04 Å². The normalized spacial score (nSPS) is 13.8. The number of carbonyl (C=O) groups is 4. The summed E-state index contributed by atoms with van der Waals surface area (Å²) in [5, 5.41) is 24.0. The Kier molecular flexibility index (Phi) is 9.83. The number of aromatic amines is 1. The van der Waals surface area contributed by atoms with Gasteiger partial charge in [-0.2, -0.15) is 0 Å². The Hall–Kier alpha value is -3.44. The number of carboxylic acids is 2. The first-order chi connectivity index (χ1) is 15.7. The smallest absolute Gasteiger partial charge is 0.326 e. The molecule has 0 aliphatic heterocycles. The fraction of sp³-hybridized carbons (Fsp3) is 0.455. The van der Waals surface area contributed by atoms with Gasteiger partial charge in [0, 0.05) is 23.5 Å². The number of H-pyrrole nitrogens is 1. The molecule has 0 saturated heterocycles. The van der Waals surface area contributed by atoms with Crippen LogP contribution in [0.25, 0.3) is 10.9 Å². The zero-order valence-corrected chi connectivity index (χ0v) is 18.3. The highest BCUT2D eigenvalue weighted by atomic mass is 16.4. The lowest BCUT2D eigenvalue weighted by Crippen LogP contribution is -2.54. The van der Waals surface area contributed by atoms with E-state index in [9.17, 15) is 24.3 Å². The maximum absolute atomic E-state index is 12.7. The second kappa shape index (κ2) is 12.6. The van der Waals surface area contributed by atoms with Crippen molar-refractivity contribution in [1.82, 2.24) is 15.6 Å². The number of rotatable bonds is 14. The molecule has 11 heteroatoms. The maximum Gasteiger partial charge on any atom is 0.326 e. The van der Waals surface area contributed by atoms with E-state index in [0.29, 0.717) is 19.4 Å². The molecule has 2 amide bonds. The van der Waals surface area contributed by atoms with Crippen molar-refractivity contribution in [3.63, 3.8) is 0 Å². The van der Waals surface area contributed by atoms with Crippen LogP contribution in [0.15, 0.2) is 30.5 Å². The summed E-state index contributed by atoms with van der Waals surface area (Å²) in [6, 6.07) is 4.25. The zero-order chi connectivity index (χ0) is 24.4. The van der Waals surface area contributed by atoms with E-state index in [0.717, 1.165) is 16.5 Å². The van der Waals surface area contributed by atoms with Crippen molar-refractivity contribution in [1.29, 1.82) is 0 Å². The number of fused-ring (bicyclic) bond motifs is 1. The number of hydrogen-bond donors (Lipinski definition) is 7. The molecule has 1 aromatic heterocycles. The maximum atomic E-state index is 12.7. The number of carbonyl (C=O) groups excluding carboxylic acids is 2. The van der Waals surface area contributed by atoms with E-state index in [2.05, 4.69) is 15.6 Å². The molecule has 0 fully saturated rings. The number of aliphatic carboxylic acids is 2. The number of hydrogen-bond acceptors (Lipinski definition) is 6. The van der Waals surface area contributed by atoms with Gasteiger partial charge in [-0.1, -0.05) is 18.2 Å². The minimum atomic E-state index is -1.39. The van der Waals surface area contributed by atoms with Crippen LogP contribution in [0.5, 0.6) is 0 Å². The van der Waals surface area contributed by atoms with Gasteiger partial charge in [-0.05, 0) is 50.3 Å². The minimum Gasteiger partial charge on any atom is -0.481 e. The van der Waals surface area contributed by atoms with Crippen LogP contribution in [-0.4, -0.2) is 63.6 Å². The number of carboxylic acid groups (broad SMARTS) is 2. The lowest BCUT2D eigenvalue weighted by molar-refractivity contribution is -0.143. The van der Waals surface area contributed by atoms with E-state index in [4.69, 9.17) is 16.6 Å². The van der Waals surface area contributed by atoms with E-state index in [-0.39, 0.29) is 19.3 Å². The van der Waals surface area contributed by atoms with Gasteiger partial charge in [0.15, 0.2) is 0 Å². The molecule has 0 saturated carbocycles. The molecule has 0 radical (unpaired) electrons. The quantitative estimate of drug-likeness (QED) is 0.192. The van der Waals surface area contributed by atoms with Crippen LogP contribution >= 0.6 is 0 Å². The highest BCUT2D eigenvalue weighted by Gasteiger charge is 2.28. The Labute approximate surface area is 190 Å². The molecule has 0 aliphatic rings. The highest BCUT2D eigenvalue weighted by Crippen LogP contribution is 2.18. The van der Waals surface area contributed by atoms with Crippen LogP contribution in [0, 0.1) is 0 Å². The summed E-state index contributed by atoms with van der Waals surface area (Å²) in [6.45, 7) is 0.402. The summed E-state index contributed by atoms with van der Waals surface area (Å²) < 4.78 is 0. The molecular formula is C22H31N5O6. The Balaban J connectivity index is 2.05. The van der Waals surface area contributed by atoms with Crippen LogP contribution in [0.3, 0.4) is 0 Å². The zero-order valence-electron chi connectivity index (χ0n) is 18.3. The molecule has 2 aromatic rings. The van der Waals surface area contributed by atoms with E-state index < -0.39 is 48.3 Å². The lowest BCUT2D eigenvalue weighted by Gasteiger charge is -2.23. The number of unbranched alkanes of at least 4 members (excludes halogenated alkanes) is 1. The third-order valence-corrected chi connectivity index (χ3v) is 5.29. The summed E-state index contributed by atoms with van der Waals surface area (Å²) in [5.74, 6) is -3.79. The first kappa shape index (κ1) is 25.8. The molecule has 1 heterocycles. The SMILES string of the molecule is NCCCC[C@H](NC(=O)[C@@H](N)Cc1c[nH]c2ccccc12)C(=O)N[C@@H](CCC(=O)O)C(=O)O. The van der Waals surface area contributed by atoms with Crippen molar-refractivity contribution >= 4 is 34.7 Å². The lowest BCUT2D eigenvalue weighted by atomic mass is 10.0. The molecule has 180 valence electrons. The van der Waals surface area contributed by atoms with Crippen molar-refractivity contribution in [2.45, 2.75) is 56.7 Å². The van der Waals surface area contributed by atoms with Gasteiger partial charge in [-0.25, -0.2) is 4.79 Å². The van der Waals surface area contributed by atoms with Gasteiger partial charge in [0.2, 0.25) is 11.8 Å². The average molecular weight is 462 g/mol. The number of para-hydroxylation sites is 1. The largest absolute Gasteiger partial charge is 0.481 e. The second-order valence-electron chi connectivity index (χ2n) is 7.85. The molecule has 0 unspecified atom stereocenters. The van der Waals surface area contributed by atoms with Gasteiger partial charge in [-0.15, -0.1) is 0 Å². The third-order valence-electron chi connectivity index (χ3n) is 5.29. The molecular weight excluding hydrogens is 430 g/mol. The van der Waals surface area contributed by atoms with Gasteiger partial charge in [0.1, 0.15) is 12.1 Å². The van der Waals surface area contributed by atoms with Crippen molar-refractivity contribution in [3.8, 4) is 0 Å². The number of benzene rings is 1. The molecule has 3 atom stereocenters. The van der Waals surface area contributed by atoms with E-state index in [1.54, 1.807) is 6.20 Å². The number of amides is 2. The first-order valence-corrected chi connectivity index (χ1v) is 10.8. The van der Waals surface area contributed by atoms with Crippen LogP contribution in [0.4, 0.5) is 0 Å². The molecule has 0 bridgehead atoms. The van der Waals surface area contributed by atoms with Gasteiger partial charge in [0.25, 0.3) is 0 Å². The predicted octanol–water partition coefficient (Wildman–Crippen LogP) is 0.0857. The van der Waals surface area contributed by atoms with Crippen LogP contribution in [0.1, 0.15) is 37.7 Å². The highest BCUT2D eigenvalue weighted by molar-refractivity contribution is 5.92. The van der Waals surface area contributed by atoms with Gasteiger partial charge in [-0.3, -0.25) is 14.4 Å². The van der Waals surface area contributed by atoms with E-state index in [1.165, 1.54) is 0 Å². The van der Waals surface area contributed by atoms with Gasteiger partial charge >= 0.3 is 11.9 Å². The predicted molar refractivity (Wildman–Crippen MR) is 121 cm³/mol. The standard InChI is InChI=1S/C22H31N5O6/c23-10-4-3-7-17(21(31)27-18(22(32)33)8-9-19(28)29)26-20(30)15(24)11-13-12-25-16-6-2-1-5-14(13)16/h1-2,5-6,12,15,17-18,25H,3-4,7-11,23-24H2,(H,26,30)(H,27,31)(H,28,29)(H,32,33)/t15-,17-,18-/m0/s1. The van der Waals surface area contributed by atoms with Crippen molar-refractivity contribution < 1.29 is 29.4 Å². The third kappa shape index (κ3) is 7.88. The second-order valence-corrected chi connectivity index (χ2v) is 7.85. The van der Waals surface area contributed by atoms with Crippen molar-refractivity contribution in [2.75, 3.05) is 6.54 Å².